The highest BCUT2D eigenvalue weighted by Crippen LogP contribution is 2.20. The highest BCUT2D eigenvalue weighted by molar-refractivity contribution is 6.31. The largest absolute Gasteiger partial charge is 0.489 e. The summed E-state index contributed by atoms with van der Waals surface area (Å²) in [4.78, 5) is 0. The van der Waals surface area contributed by atoms with Crippen LogP contribution < -0.4 is 4.74 Å². The van der Waals surface area contributed by atoms with Crippen molar-refractivity contribution in [2.24, 2.45) is 0 Å². The van der Waals surface area contributed by atoms with Crippen LogP contribution in [0.3, 0.4) is 0 Å². The Hall–Kier alpha value is -1.47. The molecule has 0 aromatic heterocycles. The van der Waals surface area contributed by atoms with Crippen LogP contribution in [0.5, 0.6) is 5.75 Å². The Kier molecular flexibility index (Phi) is 3.47. The number of hydrogen-bond acceptors (Lipinski definition) is 1. The Bertz CT molecular complexity index is 434. The van der Waals surface area contributed by atoms with Gasteiger partial charge in [-0.25, -0.2) is 0 Å². The fraction of sp³-hybridized carbons (Fsp3) is 0.143. The van der Waals surface area contributed by atoms with E-state index in [1.807, 2.05) is 55.5 Å². The second kappa shape index (κ2) is 5.04. The number of aryl methyl sites for hydroxylation is 1. The second-order valence-electron chi connectivity index (χ2n) is 3.65. The topological polar surface area (TPSA) is 9.23 Å². The van der Waals surface area contributed by atoms with Crippen molar-refractivity contribution in [3.05, 3.63) is 64.7 Å². The fourth-order valence-electron chi connectivity index (χ4n) is 1.49. The SMILES string of the molecule is Cc1ccccc1OCc1ccccc1Cl. The zero-order valence-corrected chi connectivity index (χ0v) is 9.87. The predicted molar refractivity (Wildman–Crippen MR) is 67.0 cm³/mol. The van der Waals surface area contributed by atoms with Gasteiger partial charge < -0.3 is 4.74 Å². The monoisotopic (exact) mass is 232 g/mol. The minimum absolute atomic E-state index is 0.504. The maximum atomic E-state index is 6.05. The first kappa shape index (κ1) is 11.0. The highest BCUT2D eigenvalue weighted by Gasteiger charge is 2.01. The lowest BCUT2D eigenvalue weighted by molar-refractivity contribution is 0.304. The Morgan fingerprint density at radius 1 is 1.00 bits per heavy atom. The average molecular weight is 233 g/mol. The molecule has 0 bridgehead atoms. The summed E-state index contributed by atoms with van der Waals surface area (Å²) >= 11 is 6.05. The molecule has 0 amide bonds. The van der Waals surface area contributed by atoms with Crippen LogP contribution in [0.25, 0.3) is 0 Å². The van der Waals surface area contributed by atoms with Crippen molar-refractivity contribution in [3.63, 3.8) is 0 Å². The third-order valence-corrected chi connectivity index (χ3v) is 2.80. The van der Waals surface area contributed by atoms with Crippen molar-refractivity contribution in [1.82, 2.24) is 0 Å². The van der Waals surface area contributed by atoms with Gasteiger partial charge in [-0.3, -0.25) is 0 Å². The van der Waals surface area contributed by atoms with Gasteiger partial charge in [0.25, 0.3) is 0 Å². The molecule has 0 saturated heterocycles. The Balaban J connectivity index is 2.09. The van der Waals surface area contributed by atoms with Crippen molar-refractivity contribution in [3.8, 4) is 5.75 Å². The smallest absolute Gasteiger partial charge is 0.122 e. The molecule has 0 fully saturated rings. The van der Waals surface area contributed by atoms with Crippen LogP contribution in [-0.4, -0.2) is 0 Å². The summed E-state index contributed by atoms with van der Waals surface area (Å²) in [7, 11) is 0. The minimum Gasteiger partial charge on any atom is -0.489 e. The van der Waals surface area contributed by atoms with E-state index in [0.717, 1.165) is 21.9 Å². The van der Waals surface area contributed by atoms with E-state index in [2.05, 4.69) is 0 Å². The van der Waals surface area contributed by atoms with Crippen molar-refractivity contribution in [2.45, 2.75) is 13.5 Å². The third-order valence-electron chi connectivity index (χ3n) is 2.43. The van der Waals surface area contributed by atoms with Gasteiger partial charge in [0.1, 0.15) is 12.4 Å². The number of hydrogen-bond donors (Lipinski definition) is 0. The van der Waals surface area contributed by atoms with Crippen LogP contribution >= 0.6 is 11.6 Å². The molecule has 0 unspecified atom stereocenters. The molecular weight excluding hydrogens is 220 g/mol. The molecule has 0 saturated carbocycles. The van der Waals surface area contributed by atoms with Gasteiger partial charge in [-0.15, -0.1) is 0 Å². The maximum absolute atomic E-state index is 6.05. The summed E-state index contributed by atoms with van der Waals surface area (Å²) in [6, 6.07) is 15.7. The summed E-state index contributed by atoms with van der Waals surface area (Å²) in [5, 5.41) is 0.746. The Morgan fingerprint density at radius 3 is 2.44 bits per heavy atom. The molecule has 0 heterocycles. The van der Waals surface area contributed by atoms with Gasteiger partial charge in [-0.1, -0.05) is 48.0 Å². The zero-order valence-electron chi connectivity index (χ0n) is 9.11. The van der Waals surface area contributed by atoms with Gasteiger partial charge >= 0.3 is 0 Å². The number of ether oxygens (including phenoxy) is 1. The van der Waals surface area contributed by atoms with Gasteiger partial charge in [0.15, 0.2) is 0 Å². The second-order valence-corrected chi connectivity index (χ2v) is 4.05. The third kappa shape index (κ3) is 2.56. The molecule has 16 heavy (non-hydrogen) atoms. The van der Waals surface area contributed by atoms with E-state index in [1.165, 1.54) is 0 Å². The van der Waals surface area contributed by atoms with Crippen molar-refractivity contribution in [1.29, 1.82) is 0 Å². The normalized spacial score (nSPS) is 10.1. The molecule has 2 rings (SSSR count). The summed E-state index contributed by atoms with van der Waals surface area (Å²) in [5.41, 5.74) is 2.14. The molecule has 1 nitrogen and oxygen atoms in total. The van der Waals surface area contributed by atoms with Crippen molar-refractivity contribution < 1.29 is 4.74 Å². The summed E-state index contributed by atoms with van der Waals surface area (Å²) < 4.78 is 5.72. The molecule has 82 valence electrons. The summed E-state index contributed by atoms with van der Waals surface area (Å²) in [6.45, 7) is 2.53. The molecule has 0 aliphatic carbocycles. The van der Waals surface area contributed by atoms with Gasteiger partial charge in [0.05, 0.1) is 0 Å². The molecule has 2 aromatic carbocycles. The first-order valence-electron chi connectivity index (χ1n) is 5.19. The van der Waals surface area contributed by atoms with E-state index in [-0.39, 0.29) is 0 Å². The van der Waals surface area contributed by atoms with Crippen LogP contribution in [0, 0.1) is 6.92 Å². The van der Waals surface area contributed by atoms with Crippen LogP contribution in [0.2, 0.25) is 5.02 Å². The van der Waals surface area contributed by atoms with Crippen molar-refractivity contribution in [2.75, 3.05) is 0 Å². The number of para-hydroxylation sites is 1. The van der Waals surface area contributed by atoms with E-state index in [0.29, 0.717) is 6.61 Å². The molecule has 0 aliphatic rings. The average Bonchev–Trinajstić information content (AvgIpc) is 2.30. The molecular formula is C14H13ClO. The molecule has 0 radical (unpaired) electrons. The Morgan fingerprint density at radius 2 is 1.69 bits per heavy atom. The zero-order chi connectivity index (χ0) is 11.4. The van der Waals surface area contributed by atoms with Crippen LogP contribution in [-0.2, 0) is 6.61 Å². The maximum Gasteiger partial charge on any atom is 0.122 e. The number of rotatable bonds is 3. The Labute approximate surface area is 101 Å². The summed E-state index contributed by atoms with van der Waals surface area (Å²) in [5.74, 6) is 0.905. The molecule has 0 aliphatic heterocycles. The lowest BCUT2D eigenvalue weighted by atomic mass is 10.2. The number of benzene rings is 2. The van der Waals surface area contributed by atoms with Crippen molar-refractivity contribution >= 4 is 11.6 Å². The molecule has 0 N–H and O–H groups in total. The van der Waals surface area contributed by atoms with Gasteiger partial charge in [0.2, 0.25) is 0 Å². The minimum atomic E-state index is 0.504. The predicted octanol–water partition coefficient (Wildman–Crippen LogP) is 4.23. The highest BCUT2D eigenvalue weighted by atomic mass is 35.5. The molecule has 0 spiro atoms. The number of halogens is 1. The van der Waals surface area contributed by atoms with Crippen LogP contribution in [0.15, 0.2) is 48.5 Å². The molecule has 2 heteroatoms. The lowest BCUT2D eigenvalue weighted by Crippen LogP contribution is -1.97. The van der Waals surface area contributed by atoms with E-state index >= 15 is 0 Å². The van der Waals surface area contributed by atoms with Gasteiger partial charge in [0, 0.05) is 10.6 Å². The standard InChI is InChI=1S/C14H13ClO/c1-11-6-2-5-9-14(11)16-10-12-7-3-4-8-13(12)15/h2-9H,10H2,1H3. The van der Waals surface area contributed by atoms with E-state index in [9.17, 15) is 0 Å². The quantitative estimate of drug-likeness (QED) is 0.770. The van der Waals surface area contributed by atoms with Gasteiger partial charge in [-0.05, 0) is 24.6 Å². The molecule has 0 atom stereocenters. The van der Waals surface area contributed by atoms with Crippen LogP contribution in [0.4, 0.5) is 0 Å². The van der Waals surface area contributed by atoms with E-state index in [1.54, 1.807) is 0 Å². The van der Waals surface area contributed by atoms with E-state index < -0.39 is 0 Å². The fourth-order valence-corrected chi connectivity index (χ4v) is 1.68. The summed E-state index contributed by atoms with van der Waals surface area (Å²) in [6.07, 6.45) is 0. The first-order valence-corrected chi connectivity index (χ1v) is 5.57. The molecule has 2 aromatic rings. The lowest BCUT2D eigenvalue weighted by Gasteiger charge is -2.09. The van der Waals surface area contributed by atoms with Gasteiger partial charge in [-0.2, -0.15) is 0 Å². The first-order chi connectivity index (χ1) is 7.77. The van der Waals surface area contributed by atoms with Crippen LogP contribution in [0.1, 0.15) is 11.1 Å². The van der Waals surface area contributed by atoms with E-state index in [4.69, 9.17) is 16.3 Å².